The molecule has 2 aromatic rings. The Labute approximate surface area is 246 Å². The highest BCUT2D eigenvalue weighted by atomic mass is 35.5. The Hall–Kier alpha value is -3.06. The Balaban J connectivity index is 2.44. The molecule has 0 bridgehead atoms. The smallest absolute Gasteiger partial charge is 0.270 e. The molecule has 13 heteroatoms. The standard InChI is InChI=1S/C28H39ClN4O7S/c1-19(2)17-32(41(39,40)22-13-9-12-21(15-22)33(37)38)18-24(34)23(14-20-10-7-6-8-11-20)30-27(36)26(28(3,4)5)31-25(35)16-29/h6-13,15,19,23-24,26,34H,14,16-18H2,1-5H3,(H,30,36)(H,31,35). The fourth-order valence-corrected chi connectivity index (χ4v) is 5.95. The second kappa shape index (κ2) is 14.7. The van der Waals surface area contributed by atoms with Gasteiger partial charge in [0.05, 0.1) is 22.0 Å². The van der Waals surface area contributed by atoms with Crippen molar-refractivity contribution in [3.05, 3.63) is 70.3 Å². The minimum atomic E-state index is -4.26. The van der Waals surface area contributed by atoms with Crippen LogP contribution in [0, 0.1) is 21.4 Å². The van der Waals surface area contributed by atoms with Gasteiger partial charge < -0.3 is 15.7 Å². The van der Waals surface area contributed by atoms with Crippen LogP contribution in [-0.4, -0.2) is 71.7 Å². The monoisotopic (exact) mass is 610 g/mol. The minimum Gasteiger partial charge on any atom is -0.390 e. The SMILES string of the molecule is CC(C)CN(CC(O)C(Cc1ccccc1)NC(=O)C(NC(=O)CCl)C(C)(C)C)S(=O)(=O)c1cccc([N+](=O)[O-])c1. The van der Waals surface area contributed by atoms with E-state index in [1.807, 2.05) is 18.2 Å². The number of hydrogen-bond acceptors (Lipinski definition) is 7. The first kappa shape index (κ1) is 34.1. The van der Waals surface area contributed by atoms with Gasteiger partial charge >= 0.3 is 0 Å². The third kappa shape index (κ3) is 10.1. The molecule has 0 radical (unpaired) electrons. The number of rotatable bonds is 14. The number of aliphatic hydroxyl groups excluding tert-OH is 1. The van der Waals surface area contributed by atoms with Crippen molar-refractivity contribution in [1.82, 2.24) is 14.9 Å². The van der Waals surface area contributed by atoms with Crippen LogP contribution >= 0.6 is 11.6 Å². The zero-order chi connectivity index (χ0) is 31.0. The Morgan fingerprint density at radius 3 is 2.22 bits per heavy atom. The molecule has 0 spiro atoms. The highest BCUT2D eigenvalue weighted by molar-refractivity contribution is 7.89. The summed E-state index contributed by atoms with van der Waals surface area (Å²) in [7, 11) is -4.26. The Kier molecular flexibility index (Phi) is 12.3. The van der Waals surface area contributed by atoms with Crippen LogP contribution in [0.1, 0.15) is 40.2 Å². The van der Waals surface area contributed by atoms with Gasteiger partial charge in [-0.05, 0) is 29.4 Å². The summed E-state index contributed by atoms with van der Waals surface area (Å²) in [6.45, 7) is 8.54. The van der Waals surface area contributed by atoms with E-state index in [4.69, 9.17) is 11.6 Å². The number of alkyl halides is 1. The first-order valence-electron chi connectivity index (χ1n) is 13.2. The summed E-state index contributed by atoms with van der Waals surface area (Å²) >= 11 is 5.65. The molecule has 0 saturated heterocycles. The number of nitro groups is 1. The van der Waals surface area contributed by atoms with Gasteiger partial charge in [0.2, 0.25) is 21.8 Å². The number of sulfonamides is 1. The molecule has 11 nitrogen and oxygen atoms in total. The molecule has 0 fully saturated rings. The van der Waals surface area contributed by atoms with Gasteiger partial charge in [-0.3, -0.25) is 19.7 Å². The highest BCUT2D eigenvalue weighted by Gasteiger charge is 2.36. The molecule has 2 aromatic carbocycles. The molecule has 0 aliphatic rings. The molecular formula is C28H39ClN4O7S. The van der Waals surface area contributed by atoms with E-state index < -0.39 is 56.9 Å². The molecule has 2 rings (SSSR count). The zero-order valence-corrected chi connectivity index (χ0v) is 25.5. The summed E-state index contributed by atoms with van der Waals surface area (Å²) in [5.41, 5.74) is -0.299. The molecule has 41 heavy (non-hydrogen) atoms. The number of halogens is 1. The lowest BCUT2D eigenvalue weighted by Crippen LogP contribution is -2.59. The predicted molar refractivity (Wildman–Crippen MR) is 157 cm³/mol. The van der Waals surface area contributed by atoms with Gasteiger partial charge in [0.15, 0.2) is 0 Å². The lowest BCUT2D eigenvalue weighted by Gasteiger charge is -2.34. The van der Waals surface area contributed by atoms with Crippen LogP contribution in [0.15, 0.2) is 59.5 Å². The number of benzene rings is 2. The first-order valence-corrected chi connectivity index (χ1v) is 15.2. The van der Waals surface area contributed by atoms with E-state index in [9.17, 15) is 33.2 Å². The fourth-order valence-electron chi connectivity index (χ4n) is 4.21. The molecule has 3 atom stereocenters. The van der Waals surface area contributed by atoms with Gasteiger partial charge in [-0.25, -0.2) is 8.42 Å². The van der Waals surface area contributed by atoms with Crippen molar-refractivity contribution < 1.29 is 28.0 Å². The minimum absolute atomic E-state index is 0.0183. The third-order valence-corrected chi connectivity index (χ3v) is 8.34. The van der Waals surface area contributed by atoms with Gasteiger partial charge in [0.1, 0.15) is 11.9 Å². The number of nitrogens with one attached hydrogen (secondary N) is 2. The van der Waals surface area contributed by atoms with Crippen LogP contribution in [0.25, 0.3) is 0 Å². The van der Waals surface area contributed by atoms with Crippen molar-refractivity contribution in [1.29, 1.82) is 0 Å². The summed E-state index contributed by atoms with van der Waals surface area (Å²) < 4.78 is 28.3. The summed E-state index contributed by atoms with van der Waals surface area (Å²) in [4.78, 5) is 35.8. The van der Waals surface area contributed by atoms with Crippen LogP contribution in [0.5, 0.6) is 0 Å². The van der Waals surface area contributed by atoms with Crippen LogP contribution in [0.4, 0.5) is 5.69 Å². The number of nitrogens with zero attached hydrogens (tertiary/aromatic N) is 2. The van der Waals surface area contributed by atoms with E-state index in [1.165, 1.54) is 18.2 Å². The maximum atomic E-state index is 13.6. The van der Waals surface area contributed by atoms with E-state index in [2.05, 4.69) is 10.6 Å². The van der Waals surface area contributed by atoms with Gasteiger partial charge in [-0.1, -0.05) is 71.0 Å². The molecule has 0 heterocycles. The van der Waals surface area contributed by atoms with Crippen LogP contribution in [0.2, 0.25) is 0 Å². The molecule has 0 aromatic heterocycles. The number of hydrogen-bond donors (Lipinski definition) is 3. The maximum absolute atomic E-state index is 13.6. The molecule has 226 valence electrons. The van der Waals surface area contributed by atoms with E-state index in [-0.39, 0.29) is 35.3 Å². The molecule has 0 saturated carbocycles. The average molecular weight is 611 g/mol. The van der Waals surface area contributed by atoms with Crippen LogP contribution in [0.3, 0.4) is 0 Å². The average Bonchev–Trinajstić information content (AvgIpc) is 2.90. The quantitative estimate of drug-likeness (QED) is 0.168. The van der Waals surface area contributed by atoms with E-state index in [0.29, 0.717) is 0 Å². The summed E-state index contributed by atoms with van der Waals surface area (Å²) in [6.07, 6.45) is -1.21. The van der Waals surface area contributed by atoms with Gasteiger partial charge in [0, 0.05) is 25.2 Å². The molecule has 0 aliphatic heterocycles. The molecule has 0 aliphatic carbocycles. The second-order valence-electron chi connectivity index (χ2n) is 11.3. The lowest BCUT2D eigenvalue weighted by molar-refractivity contribution is -0.385. The van der Waals surface area contributed by atoms with Gasteiger partial charge in [-0.15, -0.1) is 11.6 Å². The number of non-ortho nitro benzene ring substituents is 1. The van der Waals surface area contributed by atoms with Crippen molar-refractivity contribution >= 4 is 39.1 Å². The van der Waals surface area contributed by atoms with Crippen LogP contribution in [-0.2, 0) is 26.0 Å². The van der Waals surface area contributed by atoms with E-state index >= 15 is 0 Å². The summed E-state index contributed by atoms with van der Waals surface area (Å²) in [6, 6.07) is 11.8. The fraction of sp³-hybridized carbons (Fsp3) is 0.500. The number of nitro benzene ring substituents is 1. The largest absolute Gasteiger partial charge is 0.390 e. The molecular weight excluding hydrogens is 572 g/mol. The lowest BCUT2D eigenvalue weighted by atomic mass is 9.85. The molecule has 3 N–H and O–H groups in total. The second-order valence-corrected chi connectivity index (χ2v) is 13.5. The maximum Gasteiger partial charge on any atom is 0.270 e. The van der Waals surface area contributed by atoms with Gasteiger partial charge in [0.25, 0.3) is 5.69 Å². The number of amides is 2. The predicted octanol–water partition coefficient (Wildman–Crippen LogP) is 3.10. The van der Waals surface area contributed by atoms with Crippen molar-refractivity contribution in [2.45, 2.75) is 64.1 Å². The van der Waals surface area contributed by atoms with Crippen LogP contribution < -0.4 is 10.6 Å². The number of aliphatic hydroxyl groups is 1. The number of carbonyl (C=O) groups excluding carboxylic acids is 2. The Morgan fingerprint density at radius 2 is 1.68 bits per heavy atom. The summed E-state index contributed by atoms with van der Waals surface area (Å²) in [5.74, 6) is -1.58. The van der Waals surface area contributed by atoms with Crippen molar-refractivity contribution in [2.24, 2.45) is 11.3 Å². The number of carbonyl (C=O) groups is 2. The van der Waals surface area contributed by atoms with Gasteiger partial charge in [-0.2, -0.15) is 4.31 Å². The first-order chi connectivity index (χ1) is 19.1. The Bertz CT molecular complexity index is 1300. The normalized spacial score (nSPS) is 14.4. The molecule has 3 unspecified atom stereocenters. The van der Waals surface area contributed by atoms with E-state index in [1.54, 1.807) is 46.8 Å². The van der Waals surface area contributed by atoms with Crippen molar-refractivity contribution in [2.75, 3.05) is 19.0 Å². The zero-order valence-electron chi connectivity index (χ0n) is 23.9. The summed E-state index contributed by atoms with van der Waals surface area (Å²) in [5, 5.41) is 28.1. The van der Waals surface area contributed by atoms with Crippen molar-refractivity contribution in [3.8, 4) is 0 Å². The Morgan fingerprint density at radius 1 is 1.05 bits per heavy atom. The topological polar surface area (TPSA) is 159 Å². The van der Waals surface area contributed by atoms with Crippen molar-refractivity contribution in [3.63, 3.8) is 0 Å². The molecule has 2 amide bonds. The third-order valence-electron chi connectivity index (χ3n) is 6.27. The van der Waals surface area contributed by atoms with E-state index in [0.717, 1.165) is 15.9 Å². The highest BCUT2D eigenvalue weighted by Crippen LogP contribution is 2.24.